The molecule has 1 aromatic rings. The second-order valence-corrected chi connectivity index (χ2v) is 9.23. The molecule has 0 saturated carbocycles. The number of carbonyl (C=O) groups is 2. The van der Waals surface area contributed by atoms with Crippen LogP contribution in [0.15, 0.2) is 24.3 Å². The summed E-state index contributed by atoms with van der Waals surface area (Å²) in [7, 11) is 0. The third-order valence-corrected chi connectivity index (χ3v) is 6.94. The molecule has 31 heavy (non-hydrogen) atoms. The normalized spacial score (nSPS) is 21.7. The summed E-state index contributed by atoms with van der Waals surface area (Å²) in [6.45, 7) is 9.33. The number of nitrogens with one attached hydrogen (secondary N) is 2. The van der Waals surface area contributed by atoms with Gasteiger partial charge in [0, 0.05) is 45.0 Å². The van der Waals surface area contributed by atoms with E-state index >= 15 is 0 Å². The van der Waals surface area contributed by atoms with Crippen LogP contribution in [0.25, 0.3) is 0 Å². The predicted octanol–water partition coefficient (Wildman–Crippen LogP) is 1.75. The van der Waals surface area contributed by atoms with E-state index in [0.717, 1.165) is 69.5 Å². The van der Waals surface area contributed by atoms with E-state index in [9.17, 15) is 9.59 Å². The minimum Gasteiger partial charge on any atom is -0.332 e. The molecule has 7 heteroatoms. The molecule has 0 atom stereocenters. The van der Waals surface area contributed by atoms with Gasteiger partial charge in [0.05, 0.1) is 0 Å². The highest BCUT2D eigenvalue weighted by atomic mass is 16.2. The van der Waals surface area contributed by atoms with E-state index in [1.807, 2.05) is 24.3 Å². The first-order valence-electron chi connectivity index (χ1n) is 12.0. The highest BCUT2D eigenvalue weighted by Crippen LogP contribution is 2.20. The number of hydrogen-bond acceptors (Lipinski definition) is 5. The van der Waals surface area contributed by atoms with Crippen molar-refractivity contribution in [2.75, 3.05) is 64.2 Å². The van der Waals surface area contributed by atoms with E-state index in [4.69, 9.17) is 0 Å². The van der Waals surface area contributed by atoms with E-state index < -0.39 is 11.8 Å². The van der Waals surface area contributed by atoms with Gasteiger partial charge in [0.2, 0.25) is 0 Å². The highest BCUT2D eigenvalue weighted by molar-refractivity contribution is 6.39. The standard InChI is InChI=1S/C24H37N5O2/c30-23(26-22-7-3-2-6-21(22)19-27-12-4-1-5-13-27)24(31)29-16-14-28(15-17-29)18-20-8-10-25-11-9-20/h2-3,6-7,20,25H,1,4-5,8-19H2,(H,26,30). The summed E-state index contributed by atoms with van der Waals surface area (Å²) < 4.78 is 0. The Morgan fingerprint density at radius 2 is 1.61 bits per heavy atom. The molecule has 0 bridgehead atoms. The number of likely N-dealkylation sites (tertiary alicyclic amines) is 1. The van der Waals surface area contributed by atoms with Gasteiger partial charge < -0.3 is 15.5 Å². The van der Waals surface area contributed by atoms with Crippen molar-refractivity contribution < 1.29 is 9.59 Å². The zero-order chi connectivity index (χ0) is 21.5. The predicted molar refractivity (Wildman–Crippen MR) is 123 cm³/mol. The molecule has 4 rings (SSSR count). The van der Waals surface area contributed by atoms with Crippen molar-refractivity contribution in [3.63, 3.8) is 0 Å². The van der Waals surface area contributed by atoms with Gasteiger partial charge in [-0.05, 0) is 69.4 Å². The van der Waals surface area contributed by atoms with Crippen LogP contribution >= 0.6 is 0 Å². The lowest BCUT2D eigenvalue weighted by Crippen LogP contribution is -2.52. The molecule has 0 spiro atoms. The fourth-order valence-electron chi connectivity index (χ4n) is 5.02. The number of hydrogen-bond donors (Lipinski definition) is 2. The summed E-state index contributed by atoms with van der Waals surface area (Å²) in [4.78, 5) is 32.1. The molecule has 0 aliphatic carbocycles. The lowest BCUT2D eigenvalue weighted by Gasteiger charge is -2.37. The molecule has 3 heterocycles. The molecular weight excluding hydrogens is 390 g/mol. The fraction of sp³-hybridized carbons (Fsp3) is 0.667. The number of piperazine rings is 1. The Hall–Kier alpha value is -1.96. The summed E-state index contributed by atoms with van der Waals surface area (Å²) >= 11 is 0. The van der Waals surface area contributed by atoms with Crippen molar-refractivity contribution >= 4 is 17.5 Å². The average Bonchev–Trinajstić information content (AvgIpc) is 2.82. The number of amides is 2. The Bertz CT molecular complexity index is 735. The van der Waals surface area contributed by atoms with Crippen LogP contribution in [-0.2, 0) is 16.1 Å². The van der Waals surface area contributed by atoms with Gasteiger partial charge in [0.25, 0.3) is 0 Å². The topological polar surface area (TPSA) is 67.9 Å². The van der Waals surface area contributed by atoms with Gasteiger partial charge in [-0.2, -0.15) is 0 Å². The van der Waals surface area contributed by atoms with Crippen LogP contribution in [0.4, 0.5) is 5.69 Å². The quantitative estimate of drug-likeness (QED) is 0.701. The van der Waals surface area contributed by atoms with Gasteiger partial charge in [-0.15, -0.1) is 0 Å². The van der Waals surface area contributed by atoms with Crippen molar-refractivity contribution in [2.24, 2.45) is 5.92 Å². The van der Waals surface area contributed by atoms with Crippen molar-refractivity contribution in [1.29, 1.82) is 0 Å². The molecule has 1 aromatic carbocycles. The Kier molecular flexibility index (Phi) is 7.94. The van der Waals surface area contributed by atoms with Crippen LogP contribution in [0.1, 0.15) is 37.7 Å². The van der Waals surface area contributed by atoms with E-state index in [1.165, 1.54) is 32.1 Å². The largest absolute Gasteiger partial charge is 0.332 e. The average molecular weight is 428 g/mol. The van der Waals surface area contributed by atoms with E-state index in [0.29, 0.717) is 13.1 Å². The monoisotopic (exact) mass is 427 g/mol. The van der Waals surface area contributed by atoms with E-state index in [-0.39, 0.29) is 0 Å². The van der Waals surface area contributed by atoms with Gasteiger partial charge in [-0.3, -0.25) is 19.4 Å². The Labute approximate surface area is 186 Å². The lowest BCUT2D eigenvalue weighted by atomic mass is 9.97. The van der Waals surface area contributed by atoms with Gasteiger partial charge in [0.15, 0.2) is 0 Å². The number of rotatable bonds is 5. The minimum atomic E-state index is -0.516. The van der Waals surface area contributed by atoms with Crippen molar-refractivity contribution in [3.05, 3.63) is 29.8 Å². The van der Waals surface area contributed by atoms with Crippen molar-refractivity contribution in [3.8, 4) is 0 Å². The summed E-state index contributed by atoms with van der Waals surface area (Å²) in [5, 5.41) is 6.31. The Morgan fingerprint density at radius 3 is 2.35 bits per heavy atom. The van der Waals surface area contributed by atoms with Crippen LogP contribution < -0.4 is 10.6 Å². The number of anilines is 1. The third-order valence-electron chi connectivity index (χ3n) is 6.94. The molecule has 2 amide bonds. The molecule has 3 aliphatic rings. The Morgan fingerprint density at radius 1 is 0.903 bits per heavy atom. The highest BCUT2D eigenvalue weighted by Gasteiger charge is 2.28. The summed E-state index contributed by atoms with van der Waals surface area (Å²) in [5.74, 6) is -0.171. The Balaban J connectivity index is 1.27. The molecule has 3 aliphatic heterocycles. The second kappa shape index (κ2) is 11.1. The zero-order valence-corrected chi connectivity index (χ0v) is 18.7. The molecule has 0 aromatic heterocycles. The fourth-order valence-corrected chi connectivity index (χ4v) is 5.02. The van der Waals surface area contributed by atoms with Crippen LogP contribution in [-0.4, -0.2) is 85.4 Å². The van der Waals surface area contributed by atoms with Gasteiger partial charge in [-0.1, -0.05) is 24.6 Å². The maximum atomic E-state index is 12.8. The molecule has 7 nitrogen and oxygen atoms in total. The van der Waals surface area contributed by atoms with Crippen LogP contribution in [0.3, 0.4) is 0 Å². The summed E-state index contributed by atoms with van der Waals surface area (Å²) in [5.41, 5.74) is 1.84. The van der Waals surface area contributed by atoms with E-state index in [1.54, 1.807) is 4.90 Å². The zero-order valence-electron chi connectivity index (χ0n) is 18.7. The third kappa shape index (κ3) is 6.28. The molecule has 0 unspecified atom stereocenters. The lowest BCUT2D eigenvalue weighted by molar-refractivity contribution is -0.144. The second-order valence-electron chi connectivity index (χ2n) is 9.23. The van der Waals surface area contributed by atoms with Gasteiger partial charge in [0.1, 0.15) is 0 Å². The van der Waals surface area contributed by atoms with Crippen molar-refractivity contribution in [2.45, 2.75) is 38.6 Å². The maximum Gasteiger partial charge on any atom is 0.313 e. The maximum absolute atomic E-state index is 12.8. The molecule has 2 N–H and O–H groups in total. The number of carbonyl (C=O) groups excluding carboxylic acids is 2. The number of piperidine rings is 2. The number of benzene rings is 1. The van der Waals surface area contributed by atoms with Crippen LogP contribution in [0, 0.1) is 5.92 Å². The summed E-state index contributed by atoms with van der Waals surface area (Å²) in [6, 6.07) is 7.87. The summed E-state index contributed by atoms with van der Waals surface area (Å²) in [6.07, 6.45) is 6.23. The van der Waals surface area contributed by atoms with Gasteiger partial charge >= 0.3 is 11.8 Å². The molecule has 3 fully saturated rings. The molecule has 0 radical (unpaired) electrons. The molecule has 170 valence electrons. The first-order valence-corrected chi connectivity index (χ1v) is 12.0. The van der Waals surface area contributed by atoms with Gasteiger partial charge in [-0.25, -0.2) is 0 Å². The molecular formula is C24H37N5O2. The van der Waals surface area contributed by atoms with Crippen molar-refractivity contribution in [1.82, 2.24) is 20.0 Å². The first kappa shape index (κ1) is 22.2. The number of nitrogens with zero attached hydrogens (tertiary/aromatic N) is 3. The van der Waals surface area contributed by atoms with E-state index in [2.05, 4.69) is 20.4 Å². The minimum absolute atomic E-state index is 0.408. The first-order chi connectivity index (χ1) is 15.2. The van der Waals surface area contributed by atoms with Crippen LogP contribution in [0.2, 0.25) is 0 Å². The number of para-hydroxylation sites is 1. The molecule has 3 saturated heterocycles. The smallest absolute Gasteiger partial charge is 0.313 e. The van der Waals surface area contributed by atoms with Crippen LogP contribution in [0.5, 0.6) is 0 Å². The SMILES string of the molecule is O=C(Nc1ccccc1CN1CCCCC1)C(=O)N1CCN(CC2CCNCC2)CC1.